The zero-order valence-corrected chi connectivity index (χ0v) is 10.5. The summed E-state index contributed by atoms with van der Waals surface area (Å²) in [5, 5.41) is 48.2. The number of hydrogen-bond donors (Lipinski definition) is 6. The highest BCUT2D eigenvalue weighted by Crippen LogP contribution is 2.31. The summed E-state index contributed by atoms with van der Waals surface area (Å²) in [6, 6.07) is 5.86. The average Bonchev–Trinajstić information content (AvgIpc) is 2.43. The van der Waals surface area contributed by atoms with Gasteiger partial charge < -0.3 is 40.7 Å². The van der Waals surface area contributed by atoms with Crippen molar-refractivity contribution < 1.29 is 35.0 Å². The normalized spacial score (nSPS) is 37.6. The molecule has 5 atom stereocenters. The number of nitrogens with two attached hydrogens (primary N) is 1. The number of benzene rings is 1. The number of aliphatic hydroxyl groups excluding tert-OH is 4. The van der Waals surface area contributed by atoms with Gasteiger partial charge in [0.15, 0.2) is 6.10 Å². The minimum absolute atomic E-state index is 0.126. The molecule has 1 saturated heterocycles. The molecule has 0 spiro atoms. The van der Waals surface area contributed by atoms with Crippen LogP contribution in [-0.4, -0.2) is 62.5 Å². The summed E-state index contributed by atoms with van der Waals surface area (Å²) < 4.78 is 10.1. The quantitative estimate of drug-likeness (QED) is 0.270. The van der Waals surface area contributed by atoms with Crippen LogP contribution in [0.4, 0.5) is 5.69 Å². The van der Waals surface area contributed by atoms with Gasteiger partial charge in [-0.15, -0.1) is 0 Å². The lowest BCUT2D eigenvalue weighted by molar-refractivity contribution is -0.422. The summed E-state index contributed by atoms with van der Waals surface area (Å²) in [5.41, 5.74) is 5.97. The molecule has 0 amide bonds. The van der Waals surface area contributed by atoms with Crippen LogP contribution >= 0.6 is 0 Å². The van der Waals surface area contributed by atoms with Crippen LogP contribution in [0.15, 0.2) is 24.3 Å². The minimum atomic E-state index is -2.60. The van der Waals surface area contributed by atoms with E-state index in [0.717, 1.165) is 0 Å². The monoisotopic (exact) mass is 287 g/mol. The number of anilines is 1. The molecule has 1 aromatic rings. The number of ether oxygens (including phenoxy) is 2. The Morgan fingerprint density at radius 3 is 2.30 bits per heavy atom. The van der Waals surface area contributed by atoms with E-state index < -0.39 is 37.0 Å². The maximum atomic E-state index is 10.1. The third-order valence-corrected chi connectivity index (χ3v) is 3.07. The molecule has 0 saturated carbocycles. The number of rotatable bonds is 3. The van der Waals surface area contributed by atoms with Gasteiger partial charge in [-0.1, -0.05) is 0 Å². The number of hydrogen-bond acceptors (Lipinski definition) is 8. The SMILES string of the molecule is Nc1ccc(O[C@]2(O)O[C@H](CO)[C@H](O)[C@H](O)[C@H]2O)cc1. The summed E-state index contributed by atoms with van der Waals surface area (Å²) in [4.78, 5) is 0. The van der Waals surface area contributed by atoms with E-state index in [2.05, 4.69) is 0 Å². The van der Waals surface area contributed by atoms with Crippen LogP contribution in [0, 0.1) is 0 Å². The molecule has 1 aliphatic rings. The molecule has 20 heavy (non-hydrogen) atoms. The van der Waals surface area contributed by atoms with Gasteiger partial charge in [0.25, 0.3) is 0 Å². The summed E-state index contributed by atoms with van der Waals surface area (Å²) in [7, 11) is 0. The first kappa shape index (κ1) is 15.0. The van der Waals surface area contributed by atoms with E-state index in [4.69, 9.17) is 20.3 Å². The van der Waals surface area contributed by atoms with E-state index in [-0.39, 0.29) is 5.75 Å². The van der Waals surface area contributed by atoms with Crippen LogP contribution < -0.4 is 10.5 Å². The van der Waals surface area contributed by atoms with E-state index in [1.165, 1.54) is 24.3 Å². The lowest BCUT2D eigenvalue weighted by Gasteiger charge is -2.44. The third-order valence-electron chi connectivity index (χ3n) is 3.07. The molecule has 0 radical (unpaired) electrons. The van der Waals surface area contributed by atoms with Gasteiger partial charge in [-0.25, -0.2) is 0 Å². The zero-order valence-electron chi connectivity index (χ0n) is 10.5. The molecule has 1 heterocycles. The Morgan fingerprint density at radius 1 is 1.15 bits per heavy atom. The number of aliphatic hydroxyl groups is 5. The van der Waals surface area contributed by atoms with Gasteiger partial charge >= 0.3 is 5.97 Å². The van der Waals surface area contributed by atoms with Gasteiger partial charge in [-0.2, -0.15) is 0 Å². The lowest BCUT2D eigenvalue weighted by atomic mass is 9.98. The molecule has 0 unspecified atom stereocenters. The molecular formula is C12H17NO7. The van der Waals surface area contributed by atoms with E-state index >= 15 is 0 Å². The second kappa shape index (κ2) is 5.52. The molecule has 8 nitrogen and oxygen atoms in total. The van der Waals surface area contributed by atoms with Gasteiger partial charge in [0.2, 0.25) is 0 Å². The standard InChI is InChI=1S/C12H17NO7/c13-6-1-3-7(4-2-6)19-12(18)11(17)10(16)9(15)8(5-14)20-12/h1-4,8-11,14-18H,5,13H2/t8-,9+,10+,11-,12+/m1/s1. The molecule has 7 N–H and O–H groups in total. The molecule has 0 bridgehead atoms. The average molecular weight is 287 g/mol. The predicted octanol–water partition coefficient (Wildman–Crippen LogP) is -2.23. The molecule has 2 rings (SSSR count). The maximum Gasteiger partial charge on any atom is 0.355 e. The molecule has 8 heteroatoms. The fourth-order valence-electron chi connectivity index (χ4n) is 1.91. The Hall–Kier alpha value is -1.42. The van der Waals surface area contributed by atoms with Gasteiger partial charge in [-0.3, -0.25) is 0 Å². The highest BCUT2D eigenvalue weighted by molar-refractivity contribution is 5.41. The van der Waals surface area contributed by atoms with Crippen molar-refractivity contribution in [1.82, 2.24) is 0 Å². The van der Waals surface area contributed by atoms with Crippen LogP contribution in [0.25, 0.3) is 0 Å². The first-order valence-corrected chi connectivity index (χ1v) is 5.97. The Bertz CT molecular complexity index is 452. The summed E-state index contributed by atoms with van der Waals surface area (Å²) >= 11 is 0. The molecular weight excluding hydrogens is 270 g/mol. The summed E-state index contributed by atoms with van der Waals surface area (Å²) in [5.74, 6) is -2.47. The second-order valence-corrected chi connectivity index (χ2v) is 4.57. The van der Waals surface area contributed by atoms with Crippen LogP contribution in [0.1, 0.15) is 0 Å². The fraction of sp³-hybridized carbons (Fsp3) is 0.500. The molecule has 1 aliphatic heterocycles. The summed E-state index contributed by atoms with van der Waals surface area (Å²) in [6.07, 6.45) is -6.50. The number of nitrogen functional groups attached to an aromatic ring is 1. The van der Waals surface area contributed by atoms with Crippen molar-refractivity contribution in [3.05, 3.63) is 24.3 Å². The maximum absolute atomic E-state index is 10.1. The highest BCUT2D eigenvalue weighted by Gasteiger charge is 2.55. The fourth-order valence-corrected chi connectivity index (χ4v) is 1.91. The molecule has 1 aromatic carbocycles. The minimum Gasteiger partial charge on any atom is -0.437 e. The molecule has 0 aromatic heterocycles. The van der Waals surface area contributed by atoms with Crippen molar-refractivity contribution in [2.45, 2.75) is 30.4 Å². The largest absolute Gasteiger partial charge is 0.437 e. The van der Waals surface area contributed by atoms with Crippen LogP contribution in [0.3, 0.4) is 0 Å². The Kier molecular flexibility index (Phi) is 4.14. The Morgan fingerprint density at radius 2 is 1.75 bits per heavy atom. The van der Waals surface area contributed by atoms with Crippen molar-refractivity contribution >= 4 is 5.69 Å². The van der Waals surface area contributed by atoms with Crippen LogP contribution in [-0.2, 0) is 4.74 Å². The van der Waals surface area contributed by atoms with Crippen molar-refractivity contribution in [3.63, 3.8) is 0 Å². The van der Waals surface area contributed by atoms with Gasteiger partial charge in [-0.05, 0) is 24.3 Å². The van der Waals surface area contributed by atoms with E-state index in [0.29, 0.717) is 5.69 Å². The van der Waals surface area contributed by atoms with E-state index in [1.54, 1.807) is 0 Å². The van der Waals surface area contributed by atoms with E-state index in [9.17, 15) is 20.4 Å². The second-order valence-electron chi connectivity index (χ2n) is 4.57. The van der Waals surface area contributed by atoms with Crippen LogP contribution in [0.5, 0.6) is 5.75 Å². The summed E-state index contributed by atoms with van der Waals surface area (Å²) in [6.45, 7) is -0.668. The first-order valence-electron chi connectivity index (χ1n) is 5.97. The van der Waals surface area contributed by atoms with Crippen molar-refractivity contribution in [2.24, 2.45) is 0 Å². The molecule has 1 fully saturated rings. The molecule has 0 aliphatic carbocycles. The van der Waals surface area contributed by atoms with Gasteiger partial charge in [0.1, 0.15) is 24.1 Å². The van der Waals surface area contributed by atoms with Gasteiger partial charge in [0, 0.05) is 5.69 Å². The lowest BCUT2D eigenvalue weighted by Crippen LogP contribution is -2.67. The highest BCUT2D eigenvalue weighted by atomic mass is 16.8. The first-order chi connectivity index (χ1) is 9.37. The van der Waals surface area contributed by atoms with Crippen molar-refractivity contribution in [3.8, 4) is 5.75 Å². The van der Waals surface area contributed by atoms with Gasteiger partial charge in [0.05, 0.1) is 6.61 Å². The molecule has 112 valence electrons. The Labute approximate surface area is 114 Å². The van der Waals surface area contributed by atoms with E-state index in [1.807, 2.05) is 0 Å². The third kappa shape index (κ3) is 2.70. The smallest absolute Gasteiger partial charge is 0.355 e. The van der Waals surface area contributed by atoms with Crippen molar-refractivity contribution in [2.75, 3.05) is 12.3 Å². The van der Waals surface area contributed by atoms with Crippen LogP contribution in [0.2, 0.25) is 0 Å². The topological polar surface area (TPSA) is 146 Å². The Balaban J connectivity index is 2.20. The zero-order chi connectivity index (χ0) is 14.9. The predicted molar refractivity (Wildman–Crippen MR) is 66.4 cm³/mol. The van der Waals surface area contributed by atoms with Crippen molar-refractivity contribution in [1.29, 1.82) is 0 Å².